The van der Waals surface area contributed by atoms with Gasteiger partial charge in [0.2, 0.25) is 17.8 Å². The summed E-state index contributed by atoms with van der Waals surface area (Å²) >= 11 is 0. The summed E-state index contributed by atoms with van der Waals surface area (Å²) in [6.45, 7) is 6.56. The first kappa shape index (κ1) is 32.4. The van der Waals surface area contributed by atoms with Crippen molar-refractivity contribution in [1.29, 1.82) is 0 Å². The predicted octanol–water partition coefficient (Wildman–Crippen LogP) is 4.50. The lowest BCUT2D eigenvalue weighted by atomic mass is 10.2. The fraction of sp³-hybridized carbons (Fsp3) is 0.414. The molecule has 0 aliphatic carbocycles. The molecule has 226 valence electrons. The standard InChI is InChI=1S/C29H39N6O6Si/c1-4-6-18-40-25(36)21-9-13-23(14-10-21)31-28-33-27(30-17-8-20-42(3,38)39)34-29(35-28)32-24-15-11-22(12-16-24)26(37)41-19-7-5-2/h9-16,38H,4-8,17-20H2,1-3H3,(H3,30,31,32,33,34,35)/q-1. The van der Waals surface area contributed by atoms with Gasteiger partial charge in [0.15, 0.2) is 0 Å². The Morgan fingerprint density at radius 3 is 1.60 bits per heavy atom. The maximum atomic E-state index is 12.2. The first-order chi connectivity index (χ1) is 20.2. The highest BCUT2D eigenvalue weighted by molar-refractivity contribution is 6.61. The second-order valence-corrected chi connectivity index (χ2v) is 12.7. The Balaban J connectivity index is 1.73. The normalized spacial score (nSPS) is 12.2. The predicted molar refractivity (Wildman–Crippen MR) is 161 cm³/mol. The largest absolute Gasteiger partial charge is 0.838 e. The molecule has 1 unspecified atom stereocenters. The van der Waals surface area contributed by atoms with Crippen molar-refractivity contribution in [3.8, 4) is 0 Å². The van der Waals surface area contributed by atoms with Gasteiger partial charge in [-0.3, -0.25) is 0 Å². The number of hydrogen-bond donors (Lipinski definition) is 4. The number of benzene rings is 2. The summed E-state index contributed by atoms with van der Waals surface area (Å²) < 4.78 is 10.5. The first-order valence-corrected chi connectivity index (χ1v) is 16.7. The monoisotopic (exact) mass is 595 g/mol. The van der Waals surface area contributed by atoms with Crippen LogP contribution in [0.1, 0.15) is 66.7 Å². The summed E-state index contributed by atoms with van der Waals surface area (Å²) in [4.78, 5) is 58.9. The van der Waals surface area contributed by atoms with E-state index in [1.165, 1.54) is 6.55 Å². The molecule has 0 aliphatic rings. The van der Waals surface area contributed by atoms with E-state index in [2.05, 4.69) is 30.9 Å². The molecule has 0 fully saturated rings. The van der Waals surface area contributed by atoms with Gasteiger partial charge in [-0.05, 0) is 73.8 Å². The maximum absolute atomic E-state index is 12.2. The van der Waals surface area contributed by atoms with Crippen molar-refractivity contribution < 1.29 is 28.7 Å². The third-order valence-corrected chi connectivity index (χ3v) is 7.23. The van der Waals surface area contributed by atoms with E-state index >= 15 is 0 Å². The molecule has 0 saturated carbocycles. The zero-order valence-corrected chi connectivity index (χ0v) is 25.3. The van der Waals surface area contributed by atoms with E-state index in [-0.39, 0.29) is 35.8 Å². The van der Waals surface area contributed by atoms with Gasteiger partial charge in [-0.1, -0.05) is 33.2 Å². The fourth-order valence-electron chi connectivity index (χ4n) is 3.61. The minimum atomic E-state index is -3.40. The fourth-order valence-corrected chi connectivity index (χ4v) is 4.44. The van der Waals surface area contributed by atoms with Crippen LogP contribution < -0.4 is 20.7 Å². The van der Waals surface area contributed by atoms with Crippen LogP contribution in [0.5, 0.6) is 0 Å². The molecule has 0 amide bonds. The lowest BCUT2D eigenvalue weighted by molar-refractivity contribution is -0.232. The summed E-state index contributed by atoms with van der Waals surface area (Å²) in [7, 11) is -3.40. The Hall–Kier alpha value is -4.07. The van der Waals surface area contributed by atoms with Crippen molar-refractivity contribution in [3.05, 3.63) is 59.7 Å². The Kier molecular flexibility index (Phi) is 12.7. The van der Waals surface area contributed by atoms with Crippen LogP contribution in [0.2, 0.25) is 12.6 Å². The molecule has 12 nitrogen and oxygen atoms in total. The molecule has 0 aliphatic heterocycles. The highest BCUT2D eigenvalue weighted by atomic mass is 28.4. The SMILES string of the molecule is CCCCOC(=O)c1ccc(Nc2nc(NCCC[Si](C)([O-])O)nc(Nc3ccc(C(=O)OCCCC)cc3)n2)cc1. The summed E-state index contributed by atoms with van der Waals surface area (Å²) in [5.74, 6) is -0.0411. The minimum Gasteiger partial charge on any atom is -0.838 e. The van der Waals surface area contributed by atoms with Crippen LogP contribution in [0.15, 0.2) is 48.5 Å². The van der Waals surface area contributed by atoms with E-state index in [4.69, 9.17) is 9.47 Å². The van der Waals surface area contributed by atoms with Gasteiger partial charge in [-0.25, -0.2) is 9.59 Å². The highest BCUT2D eigenvalue weighted by Gasteiger charge is 2.12. The summed E-state index contributed by atoms with van der Waals surface area (Å²) in [5.41, 5.74) is 2.16. The smallest absolute Gasteiger partial charge is 0.338 e. The molecule has 3 aromatic rings. The zero-order chi connectivity index (χ0) is 30.4. The van der Waals surface area contributed by atoms with E-state index in [1.807, 2.05) is 13.8 Å². The van der Waals surface area contributed by atoms with E-state index in [0.717, 1.165) is 25.7 Å². The van der Waals surface area contributed by atoms with Crippen molar-refractivity contribution in [2.75, 3.05) is 35.7 Å². The number of esters is 2. The molecule has 3 rings (SSSR count). The maximum Gasteiger partial charge on any atom is 0.338 e. The highest BCUT2D eigenvalue weighted by Crippen LogP contribution is 2.20. The van der Waals surface area contributed by atoms with Gasteiger partial charge in [0, 0.05) is 17.9 Å². The Morgan fingerprint density at radius 1 is 0.762 bits per heavy atom. The zero-order valence-electron chi connectivity index (χ0n) is 24.3. The Labute approximate surface area is 247 Å². The number of rotatable bonds is 17. The molecule has 1 heterocycles. The third-order valence-electron chi connectivity index (χ3n) is 5.95. The van der Waals surface area contributed by atoms with Crippen LogP contribution in [-0.2, 0) is 9.47 Å². The van der Waals surface area contributed by atoms with Crippen molar-refractivity contribution >= 4 is 49.7 Å². The molecule has 0 saturated heterocycles. The second kappa shape index (κ2) is 16.4. The van der Waals surface area contributed by atoms with Crippen LogP contribution in [0.4, 0.5) is 29.2 Å². The van der Waals surface area contributed by atoms with E-state index < -0.39 is 8.56 Å². The van der Waals surface area contributed by atoms with Gasteiger partial charge in [0.1, 0.15) is 0 Å². The molecule has 0 radical (unpaired) electrons. The number of carbonyl (C=O) groups is 2. The molecule has 1 atom stereocenters. The van der Waals surface area contributed by atoms with Crippen molar-refractivity contribution in [2.45, 2.75) is 58.5 Å². The van der Waals surface area contributed by atoms with E-state index in [0.29, 0.717) is 48.7 Å². The van der Waals surface area contributed by atoms with E-state index in [1.54, 1.807) is 48.5 Å². The van der Waals surface area contributed by atoms with Crippen molar-refractivity contribution in [3.63, 3.8) is 0 Å². The molecular formula is C29H39N6O6Si-. The number of carbonyl (C=O) groups excluding carboxylic acids is 2. The number of hydrogen-bond acceptors (Lipinski definition) is 12. The molecular weight excluding hydrogens is 556 g/mol. The lowest BCUT2D eigenvalue weighted by Gasteiger charge is -2.26. The Morgan fingerprint density at radius 2 is 1.19 bits per heavy atom. The average Bonchev–Trinajstić information content (AvgIpc) is 2.96. The van der Waals surface area contributed by atoms with Crippen LogP contribution in [0.3, 0.4) is 0 Å². The molecule has 0 spiro atoms. The second-order valence-electron chi connectivity index (χ2n) is 9.90. The topological polar surface area (TPSA) is 171 Å². The average molecular weight is 596 g/mol. The van der Waals surface area contributed by atoms with E-state index in [9.17, 15) is 19.2 Å². The first-order valence-electron chi connectivity index (χ1n) is 14.2. The summed E-state index contributed by atoms with van der Waals surface area (Å²) in [6, 6.07) is 13.7. The van der Waals surface area contributed by atoms with Gasteiger partial charge >= 0.3 is 11.9 Å². The van der Waals surface area contributed by atoms with Crippen LogP contribution in [0, 0.1) is 0 Å². The number of anilines is 5. The lowest BCUT2D eigenvalue weighted by Crippen LogP contribution is -2.46. The van der Waals surface area contributed by atoms with Gasteiger partial charge < -0.3 is 35.0 Å². The van der Waals surface area contributed by atoms with Gasteiger partial charge in [-0.15, -0.1) is 0 Å². The van der Waals surface area contributed by atoms with Crippen LogP contribution in [-0.4, -0.2) is 60.0 Å². The third kappa shape index (κ3) is 11.4. The molecule has 1 aromatic heterocycles. The van der Waals surface area contributed by atoms with Crippen molar-refractivity contribution in [1.82, 2.24) is 15.0 Å². The Bertz CT molecular complexity index is 1200. The molecule has 13 heteroatoms. The van der Waals surface area contributed by atoms with Gasteiger partial charge in [0.05, 0.1) is 32.9 Å². The number of ether oxygens (including phenoxy) is 2. The number of nitrogens with zero attached hydrogens (tertiary/aromatic N) is 3. The van der Waals surface area contributed by atoms with Gasteiger partial charge in [-0.2, -0.15) is 15.0 Å². The number of unbranched alkanes of at least 4 members (excludes halogenated alkanes) is 2. The summed E-state index contributed by atoms with van der Waals surface area (Å²) in [6.07, 6.45) is 3.97. The molecule has 2 aromatic carbocycles. The summed E-state index contributed by atoms with van der Waals surface area (Å²) in [5, 5.41) is 9.30. The van der Waals surface area contributed by atoms with Gasteiger partial charge in [0.25, 0.3) is 0 Å². The molecule has 0 bridgehead atoms. The molecule has 42 heavy (non-hydrogen) atoms. The molecule has 4 N–H and O–H groups in total. The quantitative estimate of drug-likeness (QED) is 0.0980. The minimum absolute atomic E-state index is 0.196. The number of nitrogens with one attached hydrogen (secondary N) is 3. The number of aromatic nitrogens is 3. The van der Waals surface area contributed by atoms with Crippen LogP contribution in [0.25, 0.3) is 0 Å². The van der Waals surface area contributed by atoms with Crippen molar-refractivity contribution in [2.24, 2.45) is 0 Å². The van der Waals surface area contributed by atoms with Crippen LogP contribution >= 0.6 is 0 Å².